The lowest BCUT2D eigenvalue weighted by Gasteiger charge is -2.25. The van der Waals surface area contributed by atoms with E-state index in [0.29, 0.717) is 17.4 Å². The summed E-state index contributed by atoms with van der Waals surface area (Å²) in [6.45, 7) is 4.65. The van der Waals surface area contributed by atoms with Gasteiger partial charge in [0.05, 0.1) is 39.9 Å². The van der Waals surface area contributed by atoms with Crippen molar-refractivity contribution in [1.82, 2.24) is 5.32 Å². The number of nitrogens with zero attached hydrogens (tertiary/aromatic N) is 1. The van der Waals surface area contributed by atoms with Crippen LogP contribution < -0.4 is 5.32 Å². The van der Waals surface area contributed by atoms with Crippen LogP contribution in [-0.4, -0.2) is 73.4 Å². The minimum atomic E-state index is -4.37. The fourth-order valence-corrected chi connectivity index (χ4v) is 8.68. The second-order valence-corrected chi connectivity index (χ2v) is 21.7. The van der Waals surface area contributed by atoms with Crippen molar-refractivity contribution in [3.05, 3.63) is 85.1 Å². The van der Waals surface area contributed by atoms with Crippen molar-refractivity contribution in [2.75, 3.05) is 40.9 Å². The third kappa shape index (κ3) is 53.3. The number of phosphoric acid groups is 1. The minimum Gasteiger partial charge on any atom is -0.387 e. The molecule has 0 heterocycles. The van der Waals surface area contributed by atoms with Crippen LogP contribution in [0.3, 0.4) is 0 Å². The maximum atomic E-state index is 12.9. The molecular weight excluding hydrogens is 876 g/mol. The molecule has 0 saturated heterocycles. The molecule has 3 atom stereocenters. The molecule has 3 unspecified atom stereocenters. The zero-order valence-electron chi connectivity index (χ0n) is 45.5. The summed E-state index contributed by atoms with van der Waals surface area (Å²) >= 11 is 0. The van der Waals surface area contributed by atoms with E-state index in [1.165, 1.54) is 154 Å². The van der Waals surface area contributed by atoms with Crippen LogP contribution in [-0.2, 0) is 18.4 Å². The first-order chi connectivity index (χ1) is 33.5. The van der Waals surface area contributed by atoms with Crippen molar-refractivity contribution >= 4 is 13.7 Å². The van der Waals surface area contributed by atoms with Gasteiger partial charge in [-0.2, -0.15) is 0 Å². The lowest BCUT2D eigenvalue weighted by Crippen LogP contribution is -2.45. The number of hydrogen-bond donors (Lipinski definition) is 3. The van der Waals surface area contributed by atoms with Crippen molar-refractivity contribution in [1.29, 1.82) is 0 Å². The highest BCUT2D eigenvalue weighted by molar-refractivity contribution is 7.47. The minimum absolute atomic E-state index is 0.0440. The highest BCUT2D eigenvalue weighted by atomic mass is 31.2. The first-order valence-corrected chi connectivity index (χ1v) is 30.0. The molecular formula is C60H110N2O6P+. The Balaban J connectivity index is 4.29. The number of phosphoric ester groups is 1. The molecule has 0 radical (unpaired) electrons. The van der Waals surface area contributed by atoms with Crippen molar-refractivity contribution < 1.29 is 32.9 Å². The van der Waals surface area contributed by atoms with Gasteiger partial charge in [0.25, 0.3) is 0 Å². The number of aliphatic hydroxyl groups excluding tert-OH is 1. The molecule has 0 aliphatic carbocycles. The van der Waals surface area contributed by atoms with E-state index in [9.17, 15) is 19.4 Å². The lowest BCUT2D eigenvalue weighted by molar-refractivity contribution is -0.870. The Kier molecular flexibility index (Phi) is 48.9. The topological polar surface area (TPSA) is 105 Å². The number of likely N-dealkylation sites (N-methyl/N-ethyl adjacent to an activating group) is 1. The molecule has 400 valence electrons. The molecule has 9 heteroatoms. The molecule has 0 aliphatic heterocycles. The summed E-state index contributed by atoms with van der Waals surface area (Å²) in [5.74, 6) is -0.260. The average molecular weight is 987 g/mol. The molecule has 0 aromatic heterocycles. The van der Waals surface area contributed by atoms with E-state index in [4.69, 9.17) is 9.05 Å². The van der Waals surface area contributed by atoms with Gasteiger partial charge in [-0.15, -0.1) is 0 Å². The van der Waals surface area contributed by atoms with Crippen LogP contribution in [0.15, 0.2) is 85.1 Å². The van der Waals surface area contributed by atoms with Gasteiger partial charge in [-0.3, -0.25) is 13.8 Å². The number of carbonyl (C=O) groups excluding carboxylic acids is 1. The van der Waals surface area contributed by atoms with Gasteiger partial charge in [0.2, 0.25) is 5.91 Å². The number of aliphatic hydroxyl groups is 1. The van der Waals surface area contributed by atoms with Crippen LogP contribution in [0.1, 0.15) is 239 Å². The highest BCUT2D eigenvalue weighted by Gasteiger charge is 2.27. The predicted octanol–water partition coefficient (Wildman–Crippen LogP) is 17.3. The summed E-state index contributed by atoms with van der Waals surface area (Å²) in [6.07, 6.45) is 71.4. The predicted molar refractivity (Wildman–Crippen MR) is 299 cm³/mol. The fraction of sp³-hybridized carbons (Fsp3) is 0.750. The summed E-state index contributed by atoms with van der Waals surface area (Å²) < 4.78 is 23.6. The number of amides is 1. The molecule has 0 bridgehead atoms. The number of nitrogens with one attached hydrogen (secondary N) is 1. The van der Waals surface area contributed by atoms with Gasteiger partial charge < -0.3 is 19.8 Å². The molecule has 0 aromatic carbocycles. The van der Waals surface area contributed by atoms with Gasteiger partial charge in [0.15, 0.2) is 0 Å². The van der Waals surface area contributed by atoms with Gasteiger partial charge in [-0.25, -0.2) is 4.57 Å². The molecule has 8 nitrogen and oxygen atoms in total. The van der Waals surface area contributed by atoms with Crippen molar-refractivity contribution in [3.63, 3.8) is 0 Å². The SMILES string of the molecule is CC/C=C\C/C=C\C/C=C\C/C=C\C/C=C\C/C=C\CCC(=O)NC(COP(=O)(O)OCC[N+](C)(C)C)C(O)/C=C/CCCCCCCCCCCCCCCCCCCCCCCCCCCC. The number of carbonyl (C=O) groups is 1. The summed E-state index contributed by atoms with van der Waals surface area (Å²) in [5.41, 5.74) is 0. The zero-order valence-corrected chi connectivity index (χ0v) is 46.4. The van der Waals surface area contributed by atoms with E-state index in [-0.39, 0.29) is 25.5 Å². The van der Waals surface area contributed by atoms with E-state index in [1.807, 2.05) is 39.4 Å². The molecule has 69 heavy (non-hydrogen) atoms. The Morgan fingerprint density at radius 2 is 0.870 bits per heavy atom. The van der Waals surface area contributed by atoms with Crippen LogP contribution in [0.5, 0.6) is 0 Å². The molecule has 0 fully saturated rings. The zero-order chi connectivity index (χ0) is 50.6. The van der Waals surface area contributed by atoms with Gasteiger partial charge in [-0.1, -0.05) is 259 Å². The van der Waals surface area contributed by atoms with Gasteiger partial charge >= 0.3 is 7.82 Å². The van der Waals surface area contributed by atoms with Crippen molar-refractivity contribution in [3.8, 4) is 0 Å². The van der Waals surface area contributed by atoms with Crippen LogP contribution in [0.2, 0.25) is 0 Å². The maximum Gasteiger partial charge on any atom is 0.472 e. The summed E-state index contributed by atoms with van der Waals surface area (Å²) in [5, 5.41) is 13.9. The average Bonchev–Trinajstić information content (AvgIpc) is 3.31. The Bertz CT molecular complexity index is 1400. The fourth-order valence-electron chi connectivity index (χ4n) is 7.95. The highest BCUT2D eigenvalue weighted by Crippen LogP contribution is 2.43. The number of quaternary nitrogens is 1. The standard InChI is InChI=1S/C60H109N2O6P/c1-6-8-10-12-14-16-18-20-22-24-26-27-28-29-30-31-32-33-34-36-37-39-41-43-45-47-49-51-53-59(63)58(57-68-69(65,66)67-56-55-62(3,4)5)61-60(64)54-52-50-48-46-44-42-40-38-35-25-23-21-19-17-15-13-11-9-7-2/h9,11,15,17,21,23,35,38,42,44,48,50-51,53,58-59,63H,6-8,10,12-14,16,18-20,22,24-34,36-37,39-41,43,45-47,49,52,54-57H2,1-5H3,(H-,61,64,65,66)/p+1/b11-9-,17-15-,23-21-,38-35-,44-42-,50-48-,53-51+. The van der Waals surface area contributed by atoms with Gasteiger partial charge in [0.1, 0.15) is 13.2 Å². The Hall–Kier alpha value is -2.32. The van der Waals surface area contributed by atoms with Crippen LogP contribution in [0, 0.1) is 0 Å². The van der Waals surface area contributed by atoms with Gasteiger partial charge in [0, 0.05) is 6.42 Å². The Morgan fingerprint density at radius 1 is 0.507 bits per heavy atom. The van der Waals surface area contributed by atoms with Gasteiger partial charge in [-0.05, 0) is 57.8 Å². The third-order valence-corrected chi connectivity index (χ3v) is 13.4. The van der Waals surface area contributed by atoms with E-state index >= 15 is 0 Å². The molecule has 3 N–H and O–H groups in total. The molecule has 0 aromatic rings. The quantitative estimate of drug-likeness (QED) is 0.0243. The maximum absolute atomic E-state index is 12.9. The van der Waals surface area contributed by atoms with Crippen LogP contribution >= 0.6 is 7.82 Å². The van der Waals surface area contributed by atoms with E-state index in [0.717, 1.165) is 57.8 Å². The summed E-state index contributed by atoms with van der Waals surface area (Å²) in [7, 11) is 1.52. The second kappa shape index (κ2) is 50.6. The van der Waals surface area contributed by atoms with E-state index < -0.39 is 20.0 Å². The molecule has 0 saturated carbocycles. The summed E-state index contributed by atoms with van der Waals surface area (Å²) in [6, 6.07) is -0.893. The number of rotatable bonds is 51. The first-order valence-electron chi connectivity index (χ1n) is 28.5. The largest absolute Gasteiger partial charge is 0.472 e. The van der Waals surface area contributed by atoms with Crippen molar-refractivity contribution in [2.24, 2.45) is 0 Å². The van der Waals surface area contributed by atoms with E-state index in [2.05, 4.69) is 79.9 Å². The smallest absolute Gasteiger partial charge is 0.387 e. The summed E-state index contributed by atoms with van der Waals surface area (Å²) in [4.78, 5) is 23.2. The normalized spacial score (nSPS) is 14.6. The molecule has 1 amide bonds. The molecule has 0 rings (SSSR count). The Morgan fingerprint density at radius 3 is 1.25 bits per heavy atom. The second-order valence-electron chi connectivity index (χ2n) is 20.3. The number of allylic oxidation sites excluding steroid dienone is 13. The van der Waals surface area contributed by atoms with E-state index in [1.54, 1.807) is 6.08 Å². The molecule has 0 spiro atoms. The first kappa shape index (κ1) is 66.7. The Labute approximate surface area is 426 Å². The number of unbranched alkanes of at least 4 members (excludes halogenated alkanes) is 26. The molecule has 0 aliphatic rings. The monoisotopic (exact) mass is 986 g/mol. The van der Waals surface area contributed by atoms with Crippen LogP contribution in [0.4, 0.5) is 0 Å². The lowest BCUT2D eigenvalue weighted by atomic mass is 10.0. The van der Waals surface area contributed by atoms with Crippen LogP contribution in [0.25, 0.3) is 0 Å². The van der Waals surface area contributed by atoms with Crippen molar-refractivity contribution in [2.45, 2.75) is 251 Å². The number of hydrogen-bond acceptors (Lipinski definition) is 5. The third-order valence-electron chi connectivity index (χ3n) is 12.4.